The molecular weight excluding hydrogens is 318 g/mol. The Hall–Kier alpha value is -2.41. The number of amides is 1. The zero-order chi connectivity index (χ0) is 17.8. The molecule has 7 nitrogen and oxygen atoms in total. The van der Waals surface area contributed by atoms with Gasteiger partial charge in [0.05, 0.1) is 13.2 Å². The quantitative estimate of drug-likeness (QED) is 0.861. The molecule has 0 fully saturated rings. The summed E-state index contributed by atoms with van der Waals surface area (Å²) in [5.74, 6) is 2.62. The van der Waals surface area contributed by atoms with E-state index in [9.17, 15) is 4.79 Å². The van der Waals surface area contributed by atoms with Crippen LogP contribution in [0, 0.1) is 5.92 Å². The number of ether oxygens (including phenoxy) is 1. The van der Waals surface area contributed by atoms with Crippen LogP contribution >= 0.6 is 0 Å². The zero-order valence-corrected chi connectivity index (χ0v) is 15.0. The number of carbonyl (C=O) groups excluding carboxylic acids is 1. The first-order chi connectivity index (χ1) is 12.1. The highest BCUT2D eigenvalue weighted by Crippen LogP contribution is 2.22. The van der Waals surface area contributed by atoms with Crippen molar-refractivity contribution < 1.29 is 9.53 Å². The minimum atomic E-state index is -0.186. The molecule has 134 valence electrons. The molecule has 0 aliphatic carbocycles. The van der Waals surface area contributed by atoms with Crippen LogP contribution in [0.15, 0.2) is 24.3 Å². The smallest absolute Gasteiger partial charge is 0.251 e. The van der Waals surface area contributed by atoms with E-state index in [1.165, 1.54) is 0 Å². The summed E-state index contributed by atoms with van der Waals surface area (Å²) in [4.78, 5) is 12.7. The van der Waals surface area contributed by atoms with Gasteiger partial charge in [-0.25, -0.2) is 0 Å². The number of rotatable bonds is 5. The number of hydrogen-bond acceptors (Lipinski definition) is 5. The van der Waals surface area contributed by atoms with Gasteiger partial charge in [-0.15, -0.1) is 10.2 Å². The molecule has 0 bridgehead atoms. The second kappa shape index (κ2) is 7.65. The Balaban J connectivity index is 1.82. The molecule has 2 heterocycles. The molecule has 3 rings (SSSR count). The van der Waals surface area contributed by atoms with Crippen molar-refractivity contribution in [2.24, 2.45) is 5.92 Å². The van der Waals surface area contributed by atoms with Gasteiger partial charge in [0.25, 0.3) is 5.91 Å². The van der Waals surface area contributed by atoms with E-state index >= 15 is 0 Å². The van der Waals surface area contributed by atoms with Crippen molar-refractivity contribution >= 4 is 5.91 Å². The third-order valence-electron chi connectivity index (χ3n) is 4.48. The van der Waals surface area contributed by atoms with Gasteiger partial charge in [0.2, 0.25) is 0 Å². The molecule has 0 spiro atoms. The summed E-state index contributed by atoms with van der Waals surface area (Å²) in [5, 5.41) is 15.2. The Bertz CT molecular complexity index is 724. The Labute approximate surface area is 147 Å². The number of benzene rings is 1. The molecule has 0 saturated carbocycles. The highest BCUT2D eigenvalue weighted by Gasteiger charge is 2.26. The molecule has 1 amide bonds. The molecule has 1 aliphatic heterocycles. The summed E-state index contributed by atoms with van der Waals surface area (Å²) in [5.41, 5.74) is 0.601. The minimum absolute atomic E-state index is 0.120. The van der Waals surface area contributed by atoms with Crippen LogP contribution in [0.5, 0.6) is 5.75 Å². The van der Waals surface area contributed by atoms with Crippen molar-refractivity contribution in [1.29, 1.82) is 0 Å². The van der Waals surface area contributed by atoms with Gasteiger partial charge in [-0.2, -0.15) is 0 Å². The molecule has 1 unspecified atom stereocenters. The number of carbonyl (C=O) groups is 1. The number of nitrogens with one attached hydrogen (secondary N) is 2. The molecule has 2 N–H and O–H groups in total. The van der Waals surface area contributed by atoms with Crippen LogP contribution in [0.2, 0.25) is 0 Å². The zero-order valence-electron chi connectivity index (χ0n) is 15.0. The molecule has 0 saturated heterocycles. The van der Waals surface area contributed by atoms with Gasteiger partial charge >= 0.3 is 0 Å². The van der Waals surface area contributed by atoms with E-state index in [0.29, 0.717) is 5.56 Å². The molecule has 1 aliphatic rings. The maximum Gasteiger partial charge on any atom is 0.251 e. The first-order valence-electron chi connectivity index (χ1n) is 8.67. The van der Waals surface area contributed by atoms with Crippen LogP contribution < -0.4 is 15.4 Å². The molecule has 1 aromatic heterocycles. The Kier molecular flexibility index (Phi) is 5.33. The molecule has 1 atom stereocenters. The fraction of sp³-hybridized carbons (Fsp3) is 0.500. The number of methoxy groups -OCH3 is 1. The average Bonchev–Trinajstić information content (AvgIpc) is 2.86. The number of nitrogens with zero attached hydrogens (tertiary/aromatic N) is 3. The maximum absolute atomic E-state index is 12.7. The van der Waals surface area contributed by atoms with Gasteiger partial charge in [-0.1, -0.05) is 13.8 Å². The normalized spacial score (nSPS) is 15.4. The maximum atomic E-state index is 12.7. The lowest BCUT2D eigenvalue weighted by molar-refractivity contribution is 0.0922. The highest BCUT2D eigenvalue weighted by molar-refractivity contribution is 5.94. The largest absolute Gasteiger partial charge is 0.497 e. The second-order valence-electron chi connectivity index (χ2n) is 6.55. The lowest BCUT2D eigenvalue weighted by Gasteiger charge is -2.22. The fourth-order valence-corrected chi connectivity index (χ4v) is 3.02. The van der Waals surface area contributed by atoms with Crippen LogP contribution in [0.1, 0.15) is 41.9 Å². The SMILES string of the molecule is COc1ccc(C(=O)NC(c2nnc3n2CCNCC3)C(C)C)cc1. The summed E-state index contributed by atoms with van der Waals surface area (Å²) >= 11 is 0. The summed E-state index contributed by atoms with van der Waals surface area (Å²) in [6, 6.07) is 6.91. The van der Waals surface area contributed by atoms with Crippen LogP contribution in [0.25, 0.3) is 0 Å². The lowest BCUT2D eigenvalue weighted by atomic mass is 10.0. The molecule has 2 aromatic rings. The molecule has 0 radical (unpaired) electrons. The first-order valence-corrected chi connectivity index (χ1v) is 8.67. The van der Waals surface area contributed by atoms with E-state index in [2.05, 4.69) is 39.2 Å². The van der Waals surface area contributed by atoms with E-state index in [1.54, 1.807) is 31.4 Å². The van der Waals surface area contributed by atoms with Gasteiger partial charge in [-0.05, 0) is 30.2 Å². The summed E-state index contributed by atoms with van der Waals surface area (Å²) in [6.45, 7) is 6.77. The van der Waals surface area contributed by atoms with E-state index in [1.807, 2.05) is 0 Å². The van der Waals surface area contributed by atoms with Gasteiger partial charge in [-0.3, -0.25) is 4.79 Å². The molecular formula is C18H25N5O2. The third kappa shape index (κ3) is 3.82. The number of aromatic nitrogens is 3. The monoisotopic (exact) mass is 343 g/mol. The predicted octanol–water partition coefficient (Wildman–Crippen LogP) is 1.56. The predicted molar refractivity (Wildman–Crippen MR) is 94.6 cm³/mol. The Morgan fingerprint density at radius 1 is 1.24 bits per heavy atom. The summed E-state index contributed by atoms with van der Waals surface area (Å²) in [7, 11) is 1.61. The van der Waals surface area contributed by atoms with E-state index in [-0.39, 0.29) is 17.9 Å². The van der Waals surface area contributed by atoms with Gasteiger partial charge in [0.1, 0.15) is 11.6 Å². The first kappa shape index (κ1) is 17.4. The average molecular weight is 343 g/mol. The van der Waals surface area contributed by atoms with Crippen molar-refractivity contribution in [2.75, 3.05) is 20.2 Å². The summed E-state index contributed by atoms with van der Waals surface area (Å²) < 4.78 is 7.28. The summed E-state index contributed by atoms with van der Waals surface area (Å²) in [6.07, 6.45) is 0.851. The van der Waals surface area contributed by atoms with Gasteiger partial charge in [0, 0.05) is 31.6 Å². The lowest BCUT2D eigenvalue weighted by Crippen LogP contribution is -2.34. The Morgan fingerprint density at radius 2 is 2.00 bits per heavy atom. The van der Waals surface area contributed by atoms with Crippen LogP contribution in [-0.2, 0) is 13.0 Å². The minimum Gasteiger partial charge on any atom is -0.497 e. The highest BCUT2D eigenvalue weighted by atomic mass is 16.5. The topological polar surface area (TPSA) is 81.1 Å². The standard InChI is InChI=1S/C18H25N5O2/c1-12(2)16(17-22-21-15-8-9-19-10-11-23(15)17)20-18(24)13-4-6-14(25-3)7-5-13/h4-7,12,16,19H,8-11H2,1-3H3,(H,20,24). The van der Waals surface area contributed by atoms with Crippen LogP contribution in [-0.4, -0.2) is 40.9 Å². The molecule has 25 heavy (non-hydrogen) atoms. The van der Waals surface area contributed by atoms with Crippen molar-refractivity contribution in [1.82, 2.24) is 25.4 Å². The van der Waals surface area contributed by atoms with Crippen molar-refractivity contribution in [3.63, 3.8) is 0 Å². The van der Waals surface area contributed by atoms with Crippen molar-refractivity contribution in [3.8, 4) is 5.75 Å². The van der Waals surface area contributed by atoms with Crippen molar-refractivity contribution in [2.45, 2.75) is 32.9 Å². The van der Waals surface area contributed by atoms with Crippen molar-refractivity contribution in [3.05, 3.63) is 41.5 Å². The third-order valence-corrected chi connectivity index (χ3v) is 4.48. The van der Waals surface area contributed by atoms with Gasteiger partial charge in [0.15, 0.2) is 5.82 Å². The van der Waals surface area contributed by atoms with E-state index < -0.39 is 0 Å². The molecule has 7 heteroatoms. The second-order valence-corrected chi connectivity index (χ2v) is 6.55. The van der Waals surface area contributed by atoms with Crippen LogP contribution in [0.3, 0.4) is 0 Å². The number of hydrogen-bond donors (Lipinski definition) is 2. The fourth-order valence-electron chi connectivity index (χ4n) is 3.02. The van der Waals surface area contributed by atoms with Crippen LogP contribution in [0.4, 0.5) is 0 Å². The van der Waals surface area contributed by atoms with E-state index in [4.69, 9.17) is 4.74 Å². The Morgan fingerprint density at radius 3 is 2.68 bits per heavy atom. The molecule has 1 aromatic carbocycles. The van der Waals surface area contributed by atoms with E-state index in [0.717, 1.165) is 43.5 Å². The number of fused-ring (bicyclic) bond motifs is 1. The van der Waals surface area contributed by atoms with Gasteiger partial charge < -0.3 is 19.9 Å².